The van der Waals surface area contributed by atoms with Crippen molar-refractivity contribution in [3.63, 3.8) is 0 Å². The average molecular weight is 253 g/mol. The molecule has 0 amide bonds. The predicted octanol–water partition coefficient (Wildman–Crippen LogP) is 1.88. The number of benzene rings is 1. The zero-order valence-corrected chi connectivity index (χ0v) is 10.8. The molecule has 100 valence electrons. The molecule has 0 bridgehead atoms. The van der Waals surface area contributed by atoms with Gasteiger partial charge in [0.15, 0.2) is 17.8 Å². The van der Waals surface area contributed by atoms with E-state index in [1.807, 2.05) is 18.2 Å². The first-order chi connectivity index (χ1) is 8.83. The number of nitrogens with one attached hydrogen (secondary N) is 1. The molecule has 0 radical (unpaired) electrons. The SMILES string of the molecule is COC(CNc1ccc2c(c1)OCCCO2)OC. The molecule has 0 spiro atoms. The molecular formula is C13H19NO4. The molecule has 1 aromatic carbocycles. The Bertz CT molecular complexity index is 379. The molecule has 0 unspecified atom stereocenters. The van der Waals surface area contributed by atoms with Crippen LogP contribution in [0.5, 0.6) is 11.5 Å². The van der Waals surface area contributed by atoms with Crippen LogP contribution in [0, 0.1) is 0 Å². The van der Waals surface area contributed by atoms with E-state index in [0.29, 0.717) is 19.8 Å². The van der Waals surface area contributed by atoms with Crippen molar-refractivity contribution in [3.8, 4) is 11.5 Å². The van der Waals surface area contributed by atoms with Gasteiger partial charge in [-0.1, -0.05) is 0 Å². The van der Waals surface area contributed by atoms with Crippen LogP contribution in [0.3, 0.4) is 0 Å². The maximum absolute atomic E-state index is 5.62. The highest BCUT2D eigenvalue weighted by Crippen LogP contribution is 2.32. The Labute approximate surface area is 107 Å². The van der Waals surface area contributed by atoms with Crippen LogP contribution < -0.4 is 14.8 Å². The highest BCUT2D eigenvalue weighted by Gasteiger charge is 2.11. The topological polar surface area (TPSA) is 49.0 Å². The van der Waals surface area contributed by atoms with Crippen molar-refractivity contribution in [2.75, 3.05) is 39.3 Å². The smallest absolute Gasteiger partial charge is 0.173 e. The van der Waals surface area contributed by atoms with Gasteiger partial charge < -0.3 is 24.3 Å². The third-order valence-corrected chi connectivity index (χ3v) is 2.75. The Morgan fingerprint density at radius 1 is 1.17 bits per heavy atom. The van der Waals surface area contributed by atoms with Gasteiger partial charge in [0, 0.05) is 32.4 Å². The highest BCUT2D eigenvalue weighted by molar-refractivity contribution is 5.55. The van der Waals surface area contributed by atoms with Gasteiger partial charge in [-0.3, -0.25) is 0 Å². The molecule has 2 rings (SSSR count). The maximum Gasteiger partial charge on any atom is 0.173 e. The standard InChI is InChI=1S/C13H19NO4/c1-15-13(16-2)9-14-10-4-5-11-12(8-10)18-7-3-6-17-11/h4-5,8,13-14H,3,6-7,9H2,1-2H3. The molecule has 1 heterocycles. The summed E-state index contributed by atoms with van der Waals surface area (Å²) < 4.78 is 21.4. The van der Waals surface area contributed by atoms with Crippen LogP contribution in [0.15, 0.2) is 18.2 Å². The Morgan fingerprint density at radius 2 is 1.89 bits per heavy atom. The van der Waals surface area contributed by atoms with Gasteiger partial charge in [0.05, 0.1) is 19.8 Å². The first-order valence-electron chi connectivity index (χ1n) is 6.02. The second-order valence-corrected chi connectivity index (χ2v) is 3.99. The van der Waals surface area contributed by atoms with Gasteiger partial charge in [-0.2, -0.15) is 0 Å². The number of fused-ring (bicyclic) bond motifs is 1. The van der Waals surface area contributed by atoms with Crippen molar-refractivity contribution in [3.05, 3.63) is 18.2 Å². The molecule has 5 nitrogen and oxygen atoms in total. The van der Waals surface area contributed by atoms with Crippen LogP contribution >= 0.6 is 0 Å². The highest BCUT2D eigenvalue weighted by atomic mass is 16.7. The van der Waals surface area contributed by atoms with E-state index in [4.69, 9.17) is 18.9 Å². The fraction of sp³-hybridized carbons (Fsp3) is 0.538. The number of ether oxygens (including phenoxy) is 4. The minimum Gasteiger partial charge on any atom is -0.490 e. The minimum atomic E-state index is -0.263. The fourth-order valence-electron chi connectivity index (χ4n) is 1.74. The number of methoxy groups -OCH3 is 2. The summed E-state index contributed by atoms with van der Waals surface area (Å²) in [6, 6.07) is 5.80. The van der Waals surface area contributed by atoms with Crippen LogP contribution in [-0.4, -0.2) is 40.3 Å². The van der Waals surface area contributed by atoms with Gasteiger partial charge in [0.1, 0.15) is 0 Å². The lowest BCUT2D eigenvalue weighted by Gasteiger charge is -2.16. The minimum absolute atomic E-state index is 0.263. The van der Waals surface area contributed by atoms with Crippen molar-refractivity contribution in [1.82, 2.24) is 0 Å². The average Bonchev–Trinajstić information content (AvgIpc) is 2.64. The van der Waals surface area contributed by atoms with E-state index in [9.17, 15) is 0 Å². The van der Waals surface area contributed by atoms with E-state index in [2.05, 4.69) is 5.32 Å². The number of hydrogen-bond acceptors (Lipinski definition) is 5. The summed E-state index contributed by atoms with van der Waals surface area (Å²) in [4.78, 5) is 0. The predicted molar refractivity (Wildman–Crippen MR) is 68.3 cm³/mol. The summed E-state index contributed by atoms with van der Waals surface area (Å²) in [6.45, 7) is 1.97. The monoisotopic (exact) mass is 253 g/mol. The van der Waals surface area contributed by atoms with Crippen molar-refractivity contribution < 1.29 is 18.9 Å². The molecule has 0 saturated heterocycles. The first-order valence-corrected chi connectivity index (χ1v) is 6.02. The summed E-state index contributed by atoms with van der Waals surface area (Å²) in [5.41, 5.74) is 0.957. The second kappa shape index (κ2) is 6.47. The molecule has 1 aromatic rings. The Balaban J connectivity index is 1.99. The van der Waals surface area contributed by atoms with E-state index >= 15 is 0 Å². The van der Waals surface area contributed by atoms with E-state index in [0.717, 1.165) is 23.6 Å². The molecule has 0 aliphatic carbocycles. The van der Waals surface area contributed by atoms with Crippen molar-refractivity contribution >= 4 is 5.69 Å². The van der Waals surface area contributed by atoms with Gasteiger partial charge in [0.2, 0.25) is 0 Å². The largest absolute Gasteiger partial charge is 0.490 e. The summed E-state index contributed by atoms with van der Waals surface area (Å²) in [6.07, 6.45) is 0.647. The summed E-state index contributed by atoms with van der Waals surface area (Å²) in [5, 5.41) is 3.23. The Hall–Kier alpha value is -1.46. The van der Waals surface area contributed by atoms with Crippen molar-refractivity contribution in [1.29, 1.82) is 0 Å². The maximum atomic E-state index is 5.62. The van der Waals surface area contributed by atoms with E-state index < -0.39 is 0 Å². The summed E-state index contributed by atoms with van der Waals surface area (Å²) in [5.74, 6) is 1.58. The molecule has 1 aliphatic heterocycles. The third-order valence-electron chi connectivity index (χ3n) is 2.75. The first kappa shape index (κ1) is 13.0. The fourth-order valence-corrected chi connectivity index (χ4v) is 1.74. The number of hydrogen-bond donors (Lipinski definition) is 1. The molecule has 0 fully saturated rings. The van der Waals surface area contributed by atoms with Gasteiger partial charge in [-0.25, -0.2) is 0 Å². The molecule has 1 aliphatic rings. The van der Waals surface area contributed by atoms with E-state index in [1.54, 1.807) is 14.2 Å². The molecule has 0 aromatic heterocycles. The number of anilines is 1. The second-order valence-electron chi connectivity index (χ2n) is 3.99. The lowest BCUT2D eigenvalue weighted by atomic mass is 10.2. The molecule has 5 heteroatoms. The van der Waals surface area contributed by atoms with E-state index in [1.165, 1.54) is 0 Å². The van der Waals surface area contributed by atoms with Crippen LogP contribution in [0.4, 0.5) is 5.69 Å². The van der Waals surface area contributed by atoms with Crippen molar-refractivity contribution in [2.24, 2.45) is 0 Å². The zero-order chi connectivity index (χ0) is 12.8. The molecule has 18 heavy (non-hydrogen) atoms. The van der Waals surface area contributed by atoms with Gasteiger partial charge >= 0.3 is 0 Å². The molecule has 0 saturated carbocycles. The Kier molecular flexibility index (Phi) is 4.66. The van der Waals surface area contributed by atoms with Crippen LogP contribution in [0.25, 0.3) is 0 Å². The summed E-state index contributed by atoms with van der Waals surface area (Å²) in [7, 11) is 3.23. The van der Waals surface area contributed by atoms with Gasteiger partial charge in [-0.15, -0.1) is 0 Å². The summed E-state index contributed by atoms with van der Waals surface area (Å²) >= 11 is 0. The lowest BCUT2D eigenvalue weighted by Crippen LogP contribution is -2.23. The quantitative estimate of drug-likeness (QED) is 0.812. The Morgan fingerprint density at radius 3 is 2.61 bits per heavy atom. The van der Waals surface area contributed by atoms with Crippen LogP contribution in [0.2, 0.25) is 0 Å². The molecule has 0 atom stereocenters. The zero-order valence-electron chi connectivity index (χ0n) is 10.8. The van der Waals surface area contributed by atoms with Crippen LogP contribution in [0.1, 0.15) is 6.42 Å². The third kappa shape index (κ3) is 3.27. The van der Waals surface area contributed by atoms with Crippen molar-refractivity contribution in [2.45, 2.75) is 12.7 Å². The van der Waals surface area contributed by atoms with E-state index in [-0.39, 0.29) is 6.29 Å². The van der Waals surface area contributed by atoms with Gasteiger partial charge in [0.25, 0.3) is 0 Å². The lowest BCUT2D eigenvalue weighted by molar-refractivity contribution is -0.0914. The molecular weight excluding hydrogens is 234 g/mol. The molecule has 1 N–H and O–H groups in total. The number of rotatable bonds is 5. The van der Waals surface area contributed by atoms with Gasteiger partial charge in [-0.05, 0) is 12.1 Å². The van der Waals surface area contributed by atoms with Crippen LogP contribution in [-0.2, 0) is 9.47 Å². The normalized spacial score (nSPS) is 14.4.